The summed E-state index contributed by atoms with van der Waals surface area (Å²) in [5.74, 6) is 0.956. The van der Waals surface area contributed by atoms with Crippen molar-refractivity contribution in [3.63, 3.8) is 0 Å². The van der Waals surface area contributed by atoms with Gasteiger partial charge in [-0.15, -0.1) is 0 Å². The van der Waals surface area contributed by atoms with Crippen LogP contribution in [0.2, 0.25) is 19.6 Å². The van der Waals surface area contributed by atoms with Gasteiger partial charge in [-0.05, 0) is 72.8 Å². The first kappa shape index (κ1) is 21.4. The van der Waals surface area contributed by atoms with Gasteiger partial charge in [0.25, 0.3) is 0 Å². The zero-order chi connectivity index (χ0) is 20.5. The third-order valence-corrected chi connectivity index (χ3v) is 9.18. The minimum atomic E-state index is -1.36. The van der Waals surface area contributed by atoms with E-state index in [0.717, 1.165) is 31.4 Å². The summed E-state index contributed by atoms with van der Waals surface area (Å²) < 4.78 is 11.3. The van der Waals surface area contributed by atoms with Gasteiger partial charge in [0.1, 0.15) is 5.75 Å². The smallest absolute Gasteiger partial charge is 0.119 e. The number of fused-ring (bicyclic) bond motifs is 1. The van der Waals surface area contributed by atoms with Gasteiger partial charge in [0.05, 0.1) is 21.3 Å². The van der Waals surface area contributed by atoms with Crippen LogP contribution < -0.4 is 4.74 Å². The molecule has 0 unspecified atom stereocenters. The van der Waals surface area contributed by atoms with E-state index in [1.165, 1.54) is 18.4 Å². The number of benzene rings is 1. The standard InChI is InChI=1S/C25H38O2Si/c1-8-21-22(13-12-18-10-9-11-19(14-18)26-3)23-15-20(27-4)16-25(23,2)17-24(21)28(5,6)7/h9-11,14,20H,8,12-13,15-17H2,1-7H3/t20-,25+/m1/s1. The summed E-state index contributed by atoms with van der Waals surface area (Å²) in [6, 6.07) is 8.56. The van der Waals surface area contributed by atoms with Gasteiger partial charge in [-0.3, -0.25) is 0 Å². The Bertz CT molecular complexity index is 784. The number of allylic oxidation sites excluding steroid dienone is 3. The van der Waals surface area contributed by atoms with Crippen molar-refractivity contribution in [2.24, 2.45) is 5.41 Å². The van der Waals surface area contributed by atoms with Gasteiger partial charge in [0.2, 0.25) is 0 Å². The Morgan fingerprint density at radius 1 is 1.11 bits per heavy atom. The lowest BCUT2D eigenvalue weighted by Crippen LogP contribution is -2.34. The second-order valence-corrected chi connectivity index (χ2v) is 15.0. The molecule has 0 aromatic heterocycles. The van der Waals surface area contributed by atoms with Crippen LogP contribution in [-0.4, -0.2) is 28.4 Å². The van der Waals surface area contributed by atoms with Crippen molar-refractivity contribution in [2.75, 3.05) is 14.2 Å². The molecule has 2 aliphatic carbocycles. The molecule has 0 saturated heterocycles. The van der Waals surface area contributed by atoms with Crippen LogP contribution in [0.4, 0.5) is 0 Å². The molecule has 1 saturated carbocycles. The third-order valence-electron chi connectivity index (χ3n) is 6.89. The quantitative estimate of drug-likeness (QED) is 0.474. The van der Waals surface area contributed by atoms with E-state index in [-0.39, 0.29) is 0 Å². The van der Waals surface area contributed by atoms with Crippen LogP contribution in [0.15, 0.2) is 46.2 Å². The summed E-state index contributed by atoms with van der Waals surface area (Å²) in [7, 11) is 2.27. The number of ether oxygens (including phenoxy) is 2. The zero-order valence-electron chi connectivity index (χ0n) is 18.9. The lowest BCUT2D eigenvalue weighted by Gasteiger charge is -2.40. The lowest BCUT2D eigenvalue weighted by molar-refractivity contribution is 0.0975. The maximum atomic E-state index is 5.84. The highest BCUT2D eigenvalue weighted by Crippen LogP contribution is 2.56. The average Bonchev–Trinajstić information content (AvgIpc) is 3.01. The van der Waals surface area contributed by atoms with Crippen molar-refractivity contribution >= 4 is 8.07 Å². The maximum absolute atomic E-state index is 5.84. The Balaban J connectivity index is 2.00. The first-order chi connectivity index (χ1) is 13.2. The molecule has 154 valence electrons. The Kier molecular flexibility index (Phi) is 6.26. The normalized spacial score (nSPS) is 25.3. The van der Waals surface area contributed by atoms with Crippen LogP contribution in [0.25, 0.3) is 0 Å². The second kappa shape index (κ2) is 8.20. The van der Waals surface area contributed by atoms with E-state index in [1.807, 2.05) is 13.2 Å². The summed E-state index contributed by atoms with van der Waals surface area (Å²) >= 11 is 0. The molecule has 3 heteroatoms. The Morgan fingerprint density at radius 2 is 1.86 bits per heavy atom. The minimum Gasteiger partial charge on any atom is -0.497 e. The van der Waals surface area contributed by atoms with Crippen molar-refractivity contribution in [2.45, 2.75) is 78.1 Å². The molecular weight excluding hydrogens is 360 g/mol. The van der Waals surface area contributed by atoms with Crippen LogP contribution in [0.3, 0.4) is 0 Å². The van der Waals surface area contributed by atoms with E-state index in [9.17, 15) is 0 Å². The van der Waals surface area contributed by atoms with Gasteiger partial charge in [0.15, 0.2) is 0 Å². The fourth-order valence-electron chi connectivity index (χ4n) is 5.41. The summed E-state index contributed by atoms with van der Waals surface area (Å²) in [5, 5.41) is 1.80. The van der Waals surface area contributed by atoms with Gasteiger partial charge in [-0.25, -0.2) is 0 Å². The molecular formula is C25H38O2Si. The molecule has 1 aromatic carbocycles. The predicted octanol–water partition coefficient (Wildman–Crippen LogP) is 6.73. The van der Waals surface area contributed by atoms with Crippen LogP contribution in [-0.2, 0) is 11.2 Å². The number of hydrogen-bond acceptors (Lipinski definition) is 2. The molecule has 28 heavy (non-hydrogen) atoms. The summed E-state index contributed by atoms with van der Waals surface area (Å²) in [5.41, 5.74) is 6.70. The van der Waals surface area contributed by atoms with E-state index >= 15 is 0 Å². The van der Waals surface area contributed by atoms with Gasteiger partial charge in [-0.1, -0.05) is 56.4 Å². The number of hydrogen-bond donors (Lipinski definition) is 0. The van der Waals surface area contributed by atoms with Crippen LogP contribution in [0, 0.1) is 5.41 Å². The molecule has 2 atom stereocenters. The van der Waals surface area contributed by atoms with E-state index < -0.39 is 8.07 Å². The van der Waals surface area contributed by atoms with E-state index in [4.69, 9.17) is 9.47 Å². The molecule has 0 amide bonds. The molecule has 0 N–H and O–H groups in total. The van der Waals surface area contributed by atoms with Gasteiger partial charge < -0.3 is 9.47 Å². The van der Waals surface area contributed by atoms with Crippen LogP contribution >= 0.6 is 0 Å². The molecule has 0 heterocycles. The molecule has 1 aromatic rings. The van der Waals surface area contributed by atoms with Crippen LogP contribution in [0.5, 0.6) is 5.75 Å². The van der Waals surface area contributed by atoms with E-state index in [0.29, 0.717) is 11.5 Å². The summed E-state index contributed by atoms with van der Waals surface area (Å²) in [6.07, 6.45) is 7.28. The fourth-order valence-corrected chi connectivity index (χ4v) is 7.56. The molecule has 2 nitrogen and oxygen atoms in total. The molecule has 3 rings (SSSR count). The first-order valence-electron chi connectivity index (χ1n) is 10.8. The summed E-state index contributed by atoms with van der Waals surface area (Å²) in [4.78, 5) is 0. The second-order valence-electron chi connectivity index (χ2n) is 9.87. The van der Waals surface area contributed by atoms with Gasteiger partial charge >= 0.3 is 0 Å². The molecule has 1 fully saturated rings. The topological polar surface area (TPSA) is 18.5 Å². The van der Waals surface area contributed by atoms with Crippen LogP contribution in [0.1, 0.15) is 51.5 Å². The number of aryl methyl sites for hydroxylation is 1. The SMILES string of the molecule is CCC1=C([Si](C)(C)C)C[C@]2(C)C[C@H](OC)CC2=C1CCc1cccc(OC)c1. The van der Waals surface area contributed by atoms with Crippen molar-refractivity contribution < 1.29 is 9.47 Å². The lowest BCUT2D eigenvalue weighted by atomic mass is 9.72. The highest BCUT2D eigenvalue weighted by Gasteiger charge is 2.46. The zero-order valence-corrected chi connectivity index (χ0v) is 19.9. The van der Waals surface area contributed by atoms with Crippen molar-refractivity contribution in [3.8, 4) is 5.75 Å². The molecule has 0 spiro atoms. The monoisotopic (exact) mass is 398 g/mol. The molecule has 0 radical (unpaired) electrons. The van der Waals surface area contributed by atoms with E-state index in [1.54, 1.807) is 29.0 Å². The van der Waals surface area contributed by atoms with Crippen molar-refractivity contribution in [3.05, 3.63) is 51.7 Å². The third kappa shape index (κ3) is 4.16. The number of methoxy groups -OCH3 is 2. The fraction of sp³-hybridized carbons (Fsp3) is 0.600. The predicted molar refractivity (Wildman–Crippen MR) is 122 cm³/mol. The maximum Gasteiger partial charge on any atom is 0.119 e. The Morgan fingerprint density at radius 3 is 2.46 bits per heavy atom. The largest absolute Gasteiger partial charge is 0.497 e. The highest BCUT2D eigenvalue weighted by atomic mass is 28.3. The van der Waals surface area contributed by atoms with Gasteiger partial charge in [0, 0.05) is 7.11 Å². The molecule has 0 bridgehead atoms. The summed E-state index contributed by atoms with van der Waals surface area (Å²) in [6.45, 7) is 12.4. The van der Waals surface area contributed by atoms with Crippen molar-refractivity contribution in [1.82, 2.24) is 0 Å². The van der Waals surface area contributed by atoms with E-state index in [2.05, 4.69) is 51.7 Å². The molecule has 0 aliphatic heterocycles. The minimum absolute atomic E-state index is 0.290. The van der Waals surface area contributed by atoms with Crippen molar-refractivity contribution in [1.29, 1.82) is 0 Å². The average molecular weight is 399 g/mol. The Labute approximate surface area is 173 Å². The Hall–Kier alpha value is -1.32. The van der Waals surface area contributed by atoms with Gasteiger partial charge in [-0.2, -0.15) is 0 Å². The molecule has 2 aliphatic rings. The highest BCUT2D eigenvalue weighted by molar-refractivity contribution is 6.83. The number of rotatable bonds is 7. The first-order valence-corrected chi connectivity index (χ1v) is 14.3.